The Morgan fingerprint density at radius 3 is 2.65 bits per heavy atom. The van der Waals surface area contributed by atoms with Gasteiger partial charge in [-0.05, 0) is 60.9 Å². The Balaban J connectivity index is 1.37. The molecule has 6 heteroatoms. The van der Waals surface area contributed by atoms with Gasteiger partial charge in [-0.2, -0.15) is 0 Å². The van der Waals surface area contributed by atoms with Crippen LogP contribution in [0.25, 0.3) is 11.0 Å². The molecule has 1 N–H and O–H groups in total. The van der Waals surface area contributed by atoms with E-state index in [2.05, 4.69) is 28.6 Å². The summed E-state index contributed by atoms with van der Waals surface area (Å²) in [6.07, 6.45) is 4.09. The number of ether oxygens (including phenoxy) is 1. The van der Waals surface area contributed by atoms with E-state index in [-0.39, 0.29) is 11.7 Å². The smallest absolute Gasteiger partial charge is 0.251 e. The number of para-hydroxylation sites is 3. The number of benzene rings is 3. The zero-order valence-corrected chi connectivity index (χ0v) is 19.0. The second-order valence-corrected chi connectivity index (χ2v) is 7.98. The first kappa shape index (κ1) is 23.2. The first-order valence-electron chi connectivity index (χ1n) is 11.4. The van der Waals surface area contributed by atoms with E-state index in [1.807, 2.05) is 42.5 Å². The number of halogens is 1. The van der Waals surface area contributed by atoms with Gasteiger partial charge < -0.3 is 14.6 Å². The highest BCUT2D eigenvalue weighted by atomic mass is 19.1. The predicted octanol–water partition coefficient (Wildman–Crippen LogP) is 5.35. The molecule has 0 aliphatic carbocycles. The van der Waals surface area contributed by atoms with Crippen LogP contribution in [0.3, 0.4) is 0 Å². The summed E-state index contributed by atoms with van der Waals surface area (Å²) < 4.78 is 21.3. The van der Waals surface area contributed by atoms with Gasteiger partial charge in [0.2, 0.25) is 0 Å². The zero-order chi connectivity index (χ0) is 23.8. The van der Waals surface area contributed by atoms with Crippen LogP contribution in [0, 0.1) is 5.82 Å². The third-order valence-electron chi connectivity index (χ3n) is 5.61. The predicted molar refractivity (Wildman–Crippen MR) is 133 cm³/mol. The Kier molecular flexibility index (Phi) is 7.71. The van der Waals surface area contributed by atoms with E-state index in [1.165, 1.54) is 24.3 Å². The monoisotopic (exact) mass is 457 g/mol. The number of amides is 1. The quantitative estimate of drug-likeness (QED) is 0.244. The molecule has 0 spiro atoms. The van der Waals surface area contributed by atoms with E-state index in [9.17, 15) is 9.18 Å². The maximum atomic E-state index is 13.1. The molecule has 3 aromatic carbocycles. The first-order valence-corrected chi connectivity index (χ1v) is 11.4. The number of allylic oxidation sites excluding steroid dienone is 1. The molecule has 0 bridgehead atoms. The Bertz CT molecular complexity index is 1260. The number of hydrogen-bond acceptors (Lipinski definition) is 3. The highest BCUT2D eigenvalue weighted by Crippen LogP contribution is 2.20. The molecule has 0 atom stereocenters. The maximum Gasteiger partial charge on any atom is 0.251 e. The van der Waals surface area contributed by atoms with Crippen LogP contribution in [0.2, 0.25) is 0 Å². The molecule has 0 radical (unpaired) electrons. The minimum atomic E-state index is -0.358. The molecule has 1 heterocycles. The van der Waals surface area contributed by atoms with Crippen LogP contribution in [0.4, 0.5) is 4.39 Å². The standard InChI is InChI=1S/C28H28FN3O2/c1-2-8-21-9-3-6-12-26(21)34-20-19-32-25-11-5-4-10-24(25)31-27(32)13-7-18-30-28(33)22-14-16-23(29)17-15-22/h2-6,9-12,14-17H,1,7-8,13,18-20H2,(H,30,33). The first-order chi connectivity index (χ1) is 16.7. The molecular weight excluding hydrogens is 429 g/mol. The Hall–Kier alpha value is -3.93. The van der Waals surface area contributed by atoms with Crippen molar-refractivity contribution in [3.63, 3.8) is 0 Å². The lowest BCUT2D eigenvalue weighted by atomic mass is 10.1. The fourth-order valence-electron chi connectivity index (χ4n) is 3.93. The summed E-state index contributed by atoms with van der Waals surface area (Å²) in [7, 11) is 0. The fraction of sp³-hybridized carbons (Fsp3) is 0.214. The summed E-state index contributed by atoms with van der Waals surface area (Å²) in [6, 6.07) is 21.6. The molecule has 174 valence electrons. The Morgan fingerprint density at radius 1 is 1.06 bits per heavy atom. The number of aryl methyl sites for hydroxylation is 1. The highest BCUT2D eigenvalue weighted by Gasteiger charge is 2.12. The van der Waals surface area contributed by atoms with Gasteiger partial charge in [-0.1, -0.05) is 36.4 Å². The topological polar surface area (TPSA) is 56.1 Å². The molecule has 0 unspecified atom stereocenters. The normalized spacial score (nSPS) is 10.9. The molecular formula is C28H28FN3O2. The molecule has 0 aliphatic rings. The summed E-state index contributed by atoms with van der Waals surface area (Å²) >= 11 is 0. The highest BCUT2D eigenvalue weighted by molar-refractivity contribution is 5.94. The average molecular weight is 458 g/mol. The molecule has 0 saturated heterocycles. The maximum absolute atomic E-state index is 13.1. The van der Waals surface area contributed by atoms with Gasteiger partial charge in [-0.25, -0.2) is 9.37 Å². The van der Waals surface area contributed by atoms with Crippen LogP contribution in [-0.4, -0.2) is 28.6 Å². The van der Waals surface area contributed by atoms with Gasteiger partial charge >= 0.3 is 0 Å². The summed E-state index contributed by atoms with van der Waals surface area (Å²) in [5.41, 5.74) is 3.57. The molecule has 34 heavy (non-hydrogen) atoms. The second-order valence-electron chi connectivity index (χ2n) is 7.98. The summed E-state index contributed by atoms with van der Waals surface area (Å²) in [6.45, 7) is 5.51. The van der Waals surface area contributed by atoms with Gasteiger partial charge in [0.1, 0.15) is 24.0 Å². The van der Waals surface area contributed by atoms with Crippen molar-refractivity contribution in [2.45, 2.75) is 25.8 Å². The summed E-state index contributed by atoms with van der Waals surface area (Å²) in [5.74, 6) is 1.26. The molecule has 0 saturated carbocycles. The number of nitrogens with zero attached hydrogens (tertiary/aromatic N) is 2. The lowest BCUT2D eigenvalue weighted by Crippen LogP contribution is -2.25. The van der Waals surface area contributed by atoms with E-state index in [0.717, 1.165) is 41.0 Å². The molecule has 5 nitrogen and oxygen atoms in total. The average Bonchev–Trinajstić information content (AvgIpc) is 3.21. The van der Waals surface area contributed by atoms with Crippen molar-refractivity contribution in [3.05, 3.63) is 108 Å². The van der Waals surface area contributed by atoms with Crippen LogP contribution in [0.5, 0.6) is 5.75 Å². The number of nitrogens with one attached hydrogen (secondary N) is 1. The Morgan fingerprint density at radius 2 is 1.82 bits per heavy atom. The van der Waals surface area contributed by atoms with Crippen LogP contribution in [-0.2, 0) is 19.4 Å². The Labute approximate surface area is 198 Å². The molecule has 0 aliphatic heterocycles. The zero-order valence-electron chi connectivity index (χ0n) is 19.0. The van der Waals surface area contributed by atoms with Gasteiger partial charge in [0.25, 0.3) is 5.91 Å². The molecule has 1 aromatic heterocycles. The van der Waals surface area contributed by atoms with Crippen molar-refractivity contribution < 1.29 is 13.9 Å². The SMILES string of the molecule is C=CCc1ccccc1OCCn1c(CCCNC(=O)c2ccc(F)cc2)nc2ccccc21. The van der Waals surface area contributed by atoms with Gasteiger partial charge in [-0.3, -0.25) is 4.79 Å². The number of rotatable bonds is 11. The molecule has 1 amide bonds. The fourth-order valence-corrected chi connectivity index (χ4v) is 3.93. The lowest BCUT2D eigenvalue weighted by Gasteiger charge is -2.13. The van der Waals surface area contributed by atoms with Crippen LogP contribution in [0.1, 0.15) is 28.2 Å². The largest absolute Gasteiger partial charge is 0.491 e. The van der Waals surface area contributed by atoms with Gasteiger partial charge in [0, 0.05) is 18.5 Å². The number of carbonyl (C=O) groups excluding carboxylic acids is 1. The number of aromatic nitrogens is 2. The number of hydrogen-bond donors (Lipinski definition) is 1. The van der Waals surface area contributed by atoms with E-state index >= 15 is 0 Å². The number of carbonyl (C=O) groups is 1. The van der Waals surface area contributed by atoms with Crippen molar-refractivity contribution in [2.75, 3.05) is 13.2 Å². The van der Waals surface area contributed by atoms with Crippen molar-refractivity contribution >= 4 is 16.9 Å². The minimum absolute atomic E-state index is 0.208. The van der Waals surface area contributed by atoms with Crippen molar-refractivity contribution in [1.29, 1.82) is 0 Å². The molecule has 4 aromatic rings. The van der Waals surface area contributed by atoms with Crippen LogP contribution >= 0.6 is 0 Å². The van der Waals surface area contributed by atoms with E-state index in [0.29, 0.717) is 31.7 Å². The van der Waals surface area contributed by atoms with E-state index < -0.39 is 0 Å². The van der Waals surface area contributed by atoms with Gasteiger partial charge in [0.05, 0.1) is 17.6 Å². The summed E-state index contributed by atoms with van der Waals surface area (Å²) in [4.78, 5) is 17.1. The third-order valence-corrected chi connectivity index (χ3v) is 5.61. The van der Waals surface area contributed by atoms with Crippen molar-refractivity contribution in [2.24, 2.45) is 0 Å². The number of imidazole rings is 1. The van der Waals surface area contributed by atoms with E-state index in [4.69, 9.17) is 9.72 Å². The number of fused-ring (bicyclic) bond motifs is 1. The second kappa shape index (κ2) is 11.3. The van der Waals surface area contributed by atoms with E-state index in [1.54, 1.807) is 0 Å². The third kappa shape index (κ3) is 5.70. The van der Waals surface area contributed by atoms with Gasteiger partial charge in [-0.15, -0.1) is 6.58 Å². The van der Waals surface area contributed by atoms with Crippen molar-refractivity contribution in [3.8, 4) is 5.75 Å². The van der Waals surface area contributed by atoms with Crippen molar-refractivity contribution in [1.82, 2.24) is 14.9 Å². The summed E-state index contributed by atoms with van der Waals surface area (Å²) in [5, 5.41) is 2.89. The lowest BCUT2D eigenvalue weighted by molar-refractivity contribution is 0.0953. The molecule has 4 rings (SSSR count). The van der Waals surface area contributed by atoms with Crippen LogP contribution in [0.15, 0.2) is 85.5 Å². The molecule has 0 fully saturated rings. The van der Waals surface area contributed by atoms with Gasteiger partial charge in [0.15, 0.2) is 0 Å². The minimum Gasteiger partial charge on any atom is -0.491 e. The van der Waals surface area contributed by atoms with Crippen LogP contribution < -0.4 is 10.1 Å².